The van der Waals surface area contributed by atoms with Crippen molar-refractivity contribution in [3.8, 4) is 5.75 Å². The minimum atomic E-state index is -4.51. The molecule has 184 valence electrons. The quantitative estimate of drug-likeness (QED) is 0.601. The number of rotatable bonds is 2. The molecule has 0 atom stereocenters. The molecular weight excluding hydrogens is 463 g/mol. The van der Waals surface area contributed by atoms with Crippen molar-refractivity contribution in [1.82, 2.24) is 5.32 Å². The van der Waals surface area contributed by atoms with Crippen LogP contribution in [0.25, 0.3) is 5.57 Å². The maximum absolute atomic E-state index is 13.3. The molecular formula is C25H24F3N3O4. The SMILES string of the molecule is CN1C(=O)NCc2c(NC(=O)C=C3CC4(CCOCC4)Oc4cc(C(F)(F)F)ccc43)cccc21. The van der Waals surface area contributed by atoms with Crippen LogP contribution >= 0.6 is 0 Å². The molecule has 0 unspecified atom stereocenters. The minimum Gasteiger partial charge on any atom is -0.486 e. The van der Waals surface area contributed by atoms with Gasteiger partial charge in [-0.2, -0.15) is 13.2 Å². The second kappa shape index (κ2) is 8.60. The topological polar surface area (TPSA) is 79.9 Å². The van der Waals surface area contributed by atoms with E-state index in [0.29, 0.717) is 55.0 Å². The van der Waals surface area contributed by atoms with E-state index >= 15 is 0 Å². The molecule has 3 heterocycles. The fourth-order valence-corrected chi connectivity index (χ4v) is 4.82. The van der Waals surface area contributed by atoms with E-state index in [4.69, 9.17) is 9.47 Å². The van der Waals surface area contributed by atoms with Crippen LogP contribution in [0.15, 0.2) is 42.5 Å². The lowest BCUT2D eigenvalue weighted by molar-refractivity contribution is -0.138. The van der Waals surface area contributed by atoms with Crippen molar-refractivity contribution in [2.75, 3.05) is 30.5 Å². The molecule has 2 aromatic carbocycles. The van der Waals surface area contributed by atoms with Gasteiger partial charge in [0.05, 0.1) is 24.5 Å². The molecule has 1 saturated heterocycles. The van der Waals surface area contributed by atoms with Crippen LogP contribution in [0.5, 0.6) is 5.75 Å². The highest BCUT2D eigenvalue weighted by Crippen LogP contribution is 2.46. The average molecular weight is 487 g/mol. The standard InChI is InChI=1S/C25H24F3N3O4/c1-31-20-4-2-3-19(18(20)14-29-23(31)33)30-22(32)11-15-13-24(7-9-34-10-8-24)35-21-12-16(25(26,27)28)5-6-17(15)21/h2-6,11-12H,7-10,13-14H2,1H3,(H,29,33)(H,30,32). The van der Waals surface area contributed by atoms with Crippen molar-refractivity contribution in [3.63, 3.8) is 0 Å². The Balaban J connectivity index is 1.48. The van der Waals surface area contributed by atoms with E-state index in [1.807, 2.05) is 0 Å². The molecule has 1 fully saturated rings. The first kappa shape index (κ1) is 23.2. The van der Waals surface area contributed by atoms with Gasteiger partial charge in [-0.25, -0.2) is 4.79 Å². The van der Waals surface area contributed by atoms with E-state index in [-0.39, 0.29) is 18.3 Å². The Morgan fingerprint density at radius 2 is 1.97 bits per heavy atom. The summed E-state index contributed by atoms with van der Waals surface area (Å²) in [4.78, 5) is 26.5. The predicted molar refractivity (Wildman–Crippen MR) is 123 cm³/mol. The lowest BCUT2D eigenvalue weighted by atomic mass is 9.81. The molecule has 0 aromatic heterocycles. The Morgan fingerprint density at radius 1 is 1.20 bits per heavy atom. The highest BCUT2D eigenvalue weighted by Gasteiger charge is 2.41. The molecule has 5 rings (SSSR count). The van der Waals surface area contributed by atoms with Crippen LogP contribution in [-0.4, -0.2) is 37.8 Å². The molecule has 3 aliphatic rings. The van der Waals surface area contributed by atoms with Crippen LogP contribution in [0.3, 0.4) is 0 Å². The zero-order valence-electron chi connectivity index (χ0n) is 19.0. The van der Waals surface area contributed by atoms with E-state index < -0.39 is 23.2 Å². The monoisotopic (exact) mass is 487 g/mol. The summed E-state index contributed by atoms with van der Waals surface area (Å²) in [7, 11) is 1.64. The molecule has 0 aliphatic carbocycles. The number of carbonyl (C=O) groups is 2. The highest BCUT2D eigenvalue weighted by atomic mass is 19.4. The summed E-state index contributed by atoms with van der Waals surface area (Å²) < 4.78 is 51.6. The summed E-state index contributed by atoms with van der Waals surface area (Å²) in [5.74, 6) is -0.295. The zero-order valence-corrected chi connectivity index (χ0v) is 19.0. The summed E-state index contributed by atoms with van der Waals surface area (Å²) in [6, 6.07) is 8.42. The number of urea groups is 1. The van der Waals surface area contributed by atoms with Crippen molar-refractivity contribution >= 4 is 28.9 Å². The van der Waals surface area contributed by atoms with Crippen molar-refractivity contribution in [2.24, 2.45) is 0 Å². The number of benzene rings is 2. The van der Waals surface area contributed by atoms with Gasteiger partial charge in [-0.15, -0.1) is 0 Å². The Labute approximate surface area is 199 Å². The first-order chi connectivity index (χ1) is 16.7. The molecule has 0 bridgehead atoms. The van der Waals surface area contributed by atoms with Gasteiger partial charge in [0, 0.05) is 55.7 Å². The Bertz CT molecular complexity index is 1220. The first-order valence-corrected chi connectivity index (χ1v) is 11.3. The number of amides is 3. The molecule has 0 saturated carbocycles. The molecule has 35 heavy (non-hydrogen) atoms. The Morgan fingerprint density at radius 3 is 2.71 bits per heavy atom. The highest BCUT2D eigenvalue weighted by molar-refractivity contribution is 6.06. The van der Waals surface area contributed by atoms with Crippen LogP contribution in [0.1, 0.15) is 36.0 Å². The minimum absolute atomic E-state index is 0.119. The normalized spacial score (nSPS) is 20.1. The number of nitrogens with one attached hydrogen (secondary N) is 2. The second-order valence-corrected chi connectivity index (χ2v) is 8.96. The first-order valence-electron chi connectivity index (χ1n) is 11.3. The number of anilines is 2. The van der Waals surface area contributed by atoms with Crippen molar-refractivity contribution in [3.05, 3.63) is 59.2 Å². The van der Waals surface area contributed by atoms with Gasteiger partial charge in [0.2, 0.25) is 5.91 Å². The smallest absolute Gasteiger partial charge is 0.416 e. The Kier molecular flexibility index (Phi) is 5.71. The number of fused-ring (bicyclic) bond motifs is 2. The molecule has 0 radical (unpaired) electrons. The maximum Gasteiger partial charge on any atom is 0.416 e. The van der Waals surface area contributed by atoms with Crippen LogP contribution in [0.2, 0.25) is 0 Å². The van der Waals surface area contributed by atoms with E-state index in [1.165, 1.54) is 17.0 Å². The summed E-state index contributed by atoms with van der Waals surface area (Å²) in [6.45, 7) is 1.14. The number of hydrogen-bond donors (Lipinski definition) is 2. The molecule has 3 aliphatic heterocycles. The van der Waals surface area contributed by atoms with E-state index in [0.717, 1.165) is 17.7 Å². The van der Waals surface area contributed by atoms with Crippen molar-refractivity contribution in [2.45, 2.75) is 37.6 Å². The van der Waals surface area contributed by atoms with E-state index in [1.54, 1.807) is 25.2 Å². The third-order valence-electron chi connectivity index (χ3n) is 6.69. The second-order valence-electron chi connectivity index (χ2n) is 8.96. The average Bonchev–Trinajstić information content (AvgIpc) is 2.81. The van der Waals surface area contributed by atoms with Gasteiger partial charge >= 0.3 is 12.2 Å². The van der Waals surface area contributed by atoms with Crippen LogP contribution < -0.4 is 20.3 Å². The fraction of sp³-hybridized carbons (Fsp3) is 0.360. The number of alkyl halides is 3. The van der Waals surface area contributed by atoms with Gasteiger partial charge in [-0.05, 0) is 29.8 Å². The summed E-state index contributed by atoms with van der Waals surface area (Å²) in [5.41, 5.74) is 1.56. The molecule has 1 spiro atoms. The molecule has 2 aromatic rings. The summed E-state index contributed by atoms with van der Waals surface area (Å²) in [5, 5.41) is 5.62. The molecule has 10 heteroatoms. The lowest BCUT2D eigenvalue weighted by Gasteiger charge is -2.42. The van der Waals surface area contributed by atoms with Gasteiger partial charge in [-0.3, -0.25) is 9.69 Å². The number of carbonyl (C=O) groups excluding carboxylic acids is 2. The molecule has 2 N–H and O–H groups in total. The Hall–Kier alpha value is -3.53. The number of halogens is 3. The van der Waals surface area contributed by atoms with Crippen LogP contribution in [-0.2, 0) is 22.3 Å². The van der Waals surface area contributed by atoms with Gasteiger partial charge in [-0.1, -0.05) is 12.1 Å². The van der Waals surface area contributed by atoms with Gasteiger partial charge in [0.15, 0.2) is 0 Å². The van der Waals surface area contributed by atoms with Gasteiger partial charge in [0.1, 0.15) is 11.4 Å². The fourth-order valence-electron chi connectivity index (χ4n) is 4.82. The third-order valence-corrected chi connectivity index (χ3v) is 6.69. The largest absolute Gasteiger partial charge is 0.486 e. The van der Waals surface area contributed by atoms with E-state index in [2.05, 4.69) is 10.6 Å². The summed E-state index contributed by atoms with van der Waals surface area (Å²) in [6.07, 6.45) is -1.67. The molecule has 7 nitrogen and oxygen atoms in total. The maximum atomic E-state index is 13.3. The zero-order chi connectivity index (χ0) is 24.8. The third kappa shape index (κ3) is 4.45. The lowest BCUT2D eigenvalue weighted by Crippen LogP contribution is -2.44. The summed E-state index contributed by atoms with van der Waals surface area (Å²) >= 11 is 0. The molecule has 3 amide bonds. The van der Waals surface area contributed by atoms with Crippen LogP contribution in [0, 0.1) is 0 Å². The van der Waals surface area contributed by atoms with E-state index in [9.17, 15) is 22.8 Å². The number of hydrogen-bond acceptors (Lipinski definition) is 4. The van der Waals surface area contributed by atoms with Crippen molar-refractivity contribution < 1.29 is 32.2 Å². The number of nitrogens with zero attached hydrogens (tertiary/aromatic N) is 1. The predicted octanol–water partition coefficient (Wildman–Crippen LogP) is 4.72. The van der Waals surface area contributed by atoms with Gasteiger partial charge < -0.3 is 20.1 Å². The van der Waals surface area contributed by atoms with Crippen molar-refractivity contribution in [1.29, 1.82) is 0 Å². The van der Waals surface area contributed by atoms with Gasteiger partial charge in [0.25, 0.3) is 0 Å². The number of ether oxygens (including phenoxy) is 2. The van der Waals surface area contributed by atoms with Crippen LogP contribution in [0.4, 0.5) is 29.3 Å².